The number of benzene rings is 2. The lowest BCUT2D eigenvalue weighted by Gasteiger charge is -2.34. The summed E-state index contributed by atoms with van der Waals surface area (Å²) < 4.78 is 26.5. The lowest BCUT2D eigenvalue weighted by atomic mass is 10.1. The molecular weight excluding hydrogens is 396 g/mol. The average Bonchev–Trinajstić information content (AvgIpc) is 2.99. The monoisotopic (exact) mass is 424 g/mol. The van der Waals surface area contributed by atoms with Gasteiger partial charge in [0.05, 0.1) is 11.5 Å². The van der Waals surface area contributed by atoms with Crippen molar-refractivity contribution in [2.75, 3.05) is 49.2 Å². The first-order chi connectivity index (χ1) is 14.4. The van der Waals surface area contributed by atoms with Crippen molar-refractivity contribution in [3.8, 4) is 0 Å². The first-order valence-electron chi connectivity index (χ1n) is 10.5. The van der Waals surface area contributed by atoms with Gasteiger partial charge in [-0.25, -0.2) is 8.42 Å². The van der Waals surface area contributed by atoms with Crippen molar-refractivity contribution in [1.29, 1.82) is 0 Å². The molecule has 0 bridgehead atoms. The lowest BCUT2D eigenvalue weighted by Crippen LogP contribution is -2.44. The molecule has 5 rings (SSSR count). The van der Waals surface area contributed by atoms with Gasteiger partial charge in [-0.05, 0) is 55.1 Å². The summed E-state index contributed by atoms with van der Waals surface area (Å²) in [7, 11) is 1.19. The number of likely N-dealkylation sites (N-methyl/N-ethyl adjacent to an activating group) is 1. The summed E-state index contributed by atoms with van der Waals surface area (Å²) in [5.41, 5.74) is 6.47. The number of nitrogens with one attached hydrogen (secondary N) is 1. The molecule has 0 radical (unpaired) electrons. The maximum Gasteiger partial charge on any atom is 0.154 e. The first kappa shape index (κ1) is 19.5. The number of aromatic nitrogens is 1. The van der Waals surface area contributed by atoms with Crippen LogP contribution in [0.4, 0.5) is 17.1 Å². The number of hydrogen-bond acceptors (Lipinski definition) is 5. The van der Waals surface area contributed by atoms with E-state index in [1.54, 1.807) is 0 Å². The molecule has 2 aliphatic rings. The zero-order chi connectivity index (χ0) is 20.9. The Hall–Kier alpha value is -2.51. The van der Waals surface area contributed by atoms with Crippen LogP contribution in [0.3, 0.4) is 0 Å². The quantitative estimate of drug-likeness (QED) is 0.700. The molecular formula is C23H28N4O2S. The molecule has 1 N–H and O–H groups in total. The SMILES string of the molecule is CN1CCN(c2ccc(Nc3ccc4c(c3)c3c(n4C)CCS(=O)(=O)C3)cc2)CC1. The molecule has 0 atom stereocenters. The second-order valence-corrected chi connectivity index (χ2v) is 10.7. The second-order valence-electron chi connectivity index (χ2n) is 8.52. The molecule has 2 aliphatic heterocycles. The summed E-state index contributed by atoms with van der Waals surface area (Å²) in [4.78, 5) is 4.78. The van der Waals surface area contributed by atoms with Gasteiger partial charge in [-0.2, -0.15) is 0 Å². The first-order valence-corrected chi connectivity index (χ1v) is 12.3. The fraction of sp³-hybridized carbons (Fsp3) is 0.391. The molecule has 30 heavy (non-hydrogen) atoms. The smallest absolute Gasteiger partial charge is 0.154 e. The molecule has 1 saturated heterocycles. The van der Waals surface area contributed by atoms with Crippen LogP contribution >= 0.6 is 0 Å². The molecule has 6 nitrogen and oxygen atoms in total. The van der Waals surface area contributed by atoms with Gasteiger partial charge in [0.15, 0.2) is 9.84 Å². The summed E-state index contributed by atoms with van der Waals surface area (Å²) in [6.07, 6.45) is 0.597. The largest absolute Gasteiger partial charge is 0.369 e. The van der Waals surface area contributed by atoms with E-state index in [4.69, 9.17) is 0 Å². The summed E-state index contributed by atoms with van der Waals surface area (Å²) in [6.45, 7) is 4.30. The number of hydrogen-bond donors (Lipinski definition) is 1. The standard InChI is InChI=1S/C23H28N4O2S/c1-25-10-12-27(13-11-25)19-6-3-17(4-7-19)24-18-5-8-22-20(15-18)21-16-30(28,29)14-9-23(21)26(22)2/h3-8,15,24H,9-14,16H2,1-2H3. The van der Waals surface area contributed by atoms with E-state index < -0.39 is 9.84 Å². The Balaban J connectivity index is 1.39. The number of sulfone groups is 1. The Kier molecular flexibility index (Phi) is 4.75. The Bertz CT molecular complexity index is 1190. The Morgan fingerprint density at radius 3 is 2.33 bits per heavy atom. The van der Waals surface area contributed by atoms with Crippen molar-refractivity contribution in [3.05, 3.63) is 53.7 Å². The summed E-state index contributed by atoms with van der Waals surface area (Å²) in [5, 5.41) is 4.52. The fourth-order valence-corrected chi connectivity index (χ4v) is 6.07. The van der Waals surface area contributed by atoms with Gasteiger partial charge in [0.2, 0.25) is 0 Å². The van der Waals surface area contributed by atoms with Crippen molar-refractivity contribution in [2.24, 2.45) is 7.05 Å². The van der Waals surface area contributed by atoms with Crippen LogP contribution in [0.1, 0.15) is 11.3 Å². The molecule has 1 aromatic heterocycles. The van der Waals surface area contributed by atoms with E-state index in [9.17, 15) is 8.42 Å². The van der Waals surface area contributed by atoms with Crippen molar-refractivity contribution >= 4 is 37.8 Å². The van der Waals surface area contributed by atoms with Gasteiger partial charge < -0.3 is 19.7 Å². The molecule has 3 heterocycles. The zero-order valence-corrected chi connectivity index (χ0v) is 18.4. The molecule has 0 unspecified atom stereocenters. The number of aryl methyl sites for hydroxylation is 1. The molecule has 0 saturated carbocycles. The predicted molar refractivity (Wildman–Crippen MR) is 124 cm³/mol. The normalized spacial score (nSPS) is 19.1. The van der Waals surface area contributed by atoms with Crippen LogP contribution in [0.5, 0.6) is 0 Å². The molecule has 2 aromatic carbocycles. The topological polar surface area (TPSA) is 57.6 Å². The van der Waals surface area contributed by atoms with Crippen molar-refractivity contribution in [2.45, 2.75) is 12.2 Å². The molecule has 1 fully saturated rings. The number of piperazine rings is 1. The highest BCUT2D eigenvalue weighted by molar-refractivity contribution is 7.90. The third-order valence-corrected chi connectivity index (χ3v) is 8.03. The van der Waals surface area contributed by atoms with Crippen LogP contribution in [-0.2, 0) is 29.1 Å². The van der Waals surface area contributed by atoms with E-state index >= 15 is 0 Å². The minimum absolute atomic E-state index is 0.142. The van der Waals surface area contributed by atoms with Crippen molar-refractivity contribution in [3.63, 3.8) is 0 Å². The van der Waals surface area contributed by atoms with Crippen LogP contribution < -0.4 is 10.2 Å². The van der Waals surface area contributed by atoms with Crippen LogP contribution in [0.15, 0.2) is 42.5 Å². The van der Waals surface area contributed by atoms with E-state index in [1.165, 1.54) is 5.69 Å². The number of nitrogens with zero attached hydrogens (tertiary/aromatic N) is 3. The third kappa shape index (κ3) is 3.56. The van der Waals surface area contributed by atoms with Gasteiger partial charge in [-0.15, -0.1) is 0 Å². The van der Waals surface area contributed by atoms with Gasteiger partial charge in [0.25, 0.3) is 0 Å². The summed E-state index contributed by atoms with van der Waals surface area (Å²) in [6, 6.07) is 14.8. The van der Waals surface area contributed by atoms with Gasteiger partial charge in [0, 0.05) is 73.3 Å². The maximum absolute atomic E-state index is 12.2. The third-order valence-electron chi connectivity index (χ3n) is 6.47. The molecule has 0 amide bonds. The molecule has 0 aliphatic carbocycles. The van der Waals surface area contributed by atoms with Gasteiger partial charge in [-0.1, -0.05) is 0 Å². The van der Waals surface area contributed by atoms with Gasteiger partial charge in [-0.3, -0.25) is 0 Å². The van der Waals surface area contributed by atoms with Gasteiger partial charge >= 0.3 is 0 Å². The number of anilines is 3. The predicted octanol–water partition coefficient (Wildman–Crippen LogP) is 3.14. The van der Waals surface area contributed by atoms with E-state index in [2.05, 4.69) is 69.2 Å². The van der Waals surface area contributed by atoms with Crippen molar-refractivity contribution < 1.29 is 8.42 Å². The van der Waals surface area contributed by atoms with Gasteiger partial charge in [0.1, 0.15) is 0 Å². The summed E-state index contributed by atoms with van der Waals surface area (Å²) >= 11 is 0. The van der Waals surface area contributed by atoms with Crippen LogP contribution in [0.2, 0.25) is 0 Å². The van der Waals surface area contributed by atoms with Crippen LogP contribution in [0, 0.1) is 0 Å². The lowest BCUT2D eigenvalue weighted by molar-refractivity contribution is 0.313. The number of fused-ring (bicyclic) bond motifs is 3. The van der Waals surface area contributed by atoms with E-state index in [0.717, 1.165) is 59.7 Å². The number of rotatable bonds is 3. The molecule has 7 heteroatoms. The van der Waals surface area contributed by atoms with E-state index in [0.29, 0.717) is 6.42 Å². The van der Waals surface area contributed by atoms with E-state index in [-0.39, 0.29) is 11.5 Å². The highest BCUT2D eigenvalue weighted by atomic mass is 32.2. The van der Waals surface area contributed by atoms with Crippen LogP contribution in [-0.4, -0.2) is 56.9 Å². The maximum atomic E-state index is 12.2. The molecule has 0 spiro atoms. The minimum atomic E-state index is -3.01. The molecule has 158 valence electrons. The fourth-order valence-electron chi connectivity index (χ4n) is 4.66. The Morgan fingerprint density at radius 1 is 0.900 bits per heavy atom. The van der Waals surface area contributed by atoms with Crippen LogP contribution in [0.25, 0.3) is 10.9 Å². The Labute approximate surface area is 178 Å². The highest BCUT2D eigenvalue weighted by Gasteiger charge is 2.26. The zero-order valence-electron chi connectivity index (χ0n) is 17.6. The average molecular weight is 425 g/mol. The Morgan fingerprint density at radius 2 is 1.60 bits per heavy atom. The minimum Gasteiger partial charge on any atom is -0.369 e. The van der Waals surface area contributed by atoms with E-state index in [1.807, 2.05) is 7.05 Å². The molecule has 3 aromatic rings. The highest BCUT2D eigenvalue weighted by Crippen LogP contribution is 2.33. The summed E-state index contributed by atoms with van der Waals surface area (Å²) in [5.74, 6) is 0.387. The van der Waals surface area contributed by atoms with Crippen molar-refractivity contribution in [1.82, 2.24) is 9.47 Å². The second kappa shape index (κ2) is 7.32.